The van der Waals surface area contributed by atoms with Crippen LogP contribution >= 0.6 is 11.6 Å². The lowest BCUT2D eigenvalue weighted by molar-refractivity contribution is 0.883. The van der Waals surface area contributed by atoms with Crippen LogP contribution in [-0.4, -0.2) is 5.00 Å². The molecule has 1 aliphatic rings. The van der Waals surface area contributed by atoms with Gasteiger partial charge in [0.1, 0.15) is 5.00 Å². The number of fused-ring (bicyclic) bond motifs is 1. The maximum atomic E-state index is 6.07. The Bertz CT molecular complexity index is 328. The molecule has 2 heteroatoms. The first-order valence-electron chi connectivity index (χ1n) is 3.84. The maximum absolute atomic E-state index is 6.07. The number of hydrogen-bond acceptors (Lipinski definition) is 1. The Morgan fingerprint density at radius 3 is 3.00 bits per heavy atom. The molecular weight excluding hydrogens is 170 g/mol. The molecule has 1 radical (unpaired) electrons. The van der Waals surface area contributed by atoms with Crippen LogP contribution in [0.3, 0.4) is 0 Å². The molecule has 0 aromatic heterocycles. The van der Waals surface area contributed by atoms with Crippen molar-refractivity contribution in [1.82, 2.24) is 0 Å². The molecule has 1 N–H and O–H groups in total. The number of hydrogen-bond donors (Lipinski definition) is 1. The summed E-state index contributed by atoms with van der Waals surface area (Å²) in [4.78, 5) is -0.492. The molecule has 1 aliphatic heterocycles. The van der Waals surface area contributed by atoms with Crippen LogP contribution in [0.5, 0.6) is 0 Å². The molecule has 1 heterocycles. The van der Waals surface area contributed by atoms with Gasteiger partial charge in [0.05, 0.1) is 0 Å². The number of benzene rings is 1. The monoisotopic (exact) mass is 178 g/mol. The number of alkyl halides is 1. The zero-order valence-corrected chi connectivity index (χ0v) is 7.52. The lowest BCUT2D eigenvalue weighted by atomic mass is 10.1. The second-order valence-corrected chi connectivity index (χ2v) is 3.82. The van der Waals surface area contributed by atoms with Gasteiger partial charge in [-0.1, -0.05) is 29.8 Å². The molecule has 2 rings (SSSR count). The molecule has 1 nitrogen and oxygen atoms in total. The van der Waals surface area contributed by atoms with Gasteiger partial charge in [-0.05, 0) is 25.1 Å². The Kier molecular flexibility index (Phi) is 1.62. The summed E-state index contributed by atoms with van der Waals surface area (Å²) < 4.78 is 0. The van der Waals surface area contributed by atoms with E-state index < -0.39 is 5.00 Å². The quantitative estimate of drug-likeness (QED) is 0.476. The Labute approximate surface area is 77.0 Å². The molecule has 0 aliphatic carbocycles. The van der Waals surface area contributed by atoms with Crippen molar-refractivity contribution in [3.8, 4) is 0 Å². The van der Waals surface area contributed by atoms with Crippen molar-refractivity contribution in [2.24, 2.45) is 0 Å². The summed E-state index contributed by atoms with van der Waals surface area (Å²) in [6, 6.07) is 7.96. The van der Waals surface area contributed by atoms with Crippen LogP contribution in [0.1, 0.15) is 12.5 Å². The highest BCUT2D eigenvalue weighted by Gasteiger charge is 2.20. The van der Waals surface area contributed by atoms with Gasteiger partial charge in [-0.25, -0.2) is 0 Å². The number of rotatable bonds is 0. The van der Waals surface area contributed by atoms with Crippen LogP contribution in [0.2, 0.25) is 0 Å². The van der Waals surface area contributed by atoms with Crippen LogP contribution in [-0.2, 0) is 0 Å². The van der Waals surface area contributed by atoms with Crippen LogP contribution in [0.25, 0.3) is 0 Å². The fourth-order valence-corrected chi connectivity index (χ4v) is 1.39. The Morgan fingerprint density at radius 1 is 1.42 bits per heavy atom. The van der Waals surface area contributed by atoms with Crippen LogP contribution in [0.4, 0.5) is 5.69 Å². The minimum absolute atomic E-state index is 0.492. The van der Waals surface area contributed by atoms with Gasteiger partial charge in [0, 0.05) is 11.3 Å². The van der Waals surface area contributed by atoms with Crippen molar-refractivity contribution >= 4 is 17.3 Å². The molecule has 0 amide bonds. The van der Waals surface area contributed by atoms with E-state index in [0.29, 0.717) is 0 Å². The fourth-order valence-electron chi connectivity index (χ4n) is 1.23. The lowest BCUT2D eigenvalue weighted by Crippen LogP contribution is -2.27. The summed E-state index contributed by atoms with van der Waals surface area (Å²) in [5.41, 5.74) is 2.10. The van der Waals surface area contributed by atoms with E-state index in [9.17, 15) is 0 Å². The Morgan fingerprint density at radius 2 is 2.17 bits per heavy atom. The average Bonchev–Trinajstić information content (AvgIpc) is 2.02. The number of nitrogens with one attached hydrogen (secondary N) is 1. The van der Waals surface area contributed by atoms with Gasteiger partial charge in [-0.15, -0.1) is 0 Å². The standard InChI is InChI=1S/C10H9ClN/c1-10(11)7-6-8-4-2-3-5-9(8)12-10/h2-5,7,12H,1H3. The number of halogens is 1. The molecule has 0 fully saturated rings. The third-order valence-corrected chi connectivity index (χ3v) is 2.01. The van der Waals surface area contributed by atoms with E-state index >= 15 is 0 Å². The van der Waals surface area contributed by atoms with E-state index in [-0.39, 0.29) is 0 Å². The van der Waals surface area contributed by atoms with Crippen molar-refractivity contribution in [1.29, 1.82) is 0 Å². The van der Waals surface area contributed by atoms with Gasteiger partial charge in [-0.3, -0.25) is 0 Å². The molecule has 0 saturated heterocycles. The largest absolute Gasteiger partial charge is 0.363 e. The predicted octanol–water partition coefficient (Wildman–Crippen LogP) is 2.77. The van der Waals surface area contributed by atoms with Gasteiger partial charge in [0.25, 0.3) is 0 Å². The molecule has 12 heavy (non-hydrogen) atoms. The molecule has 0 bridgehead atoms. The lowest BCUT2D eigenvalue weighted by Gasteiger charge is -2.25. The Hall–Kier alpha value is -0.950. The molecule has 0 spiro atoms. The number of para-hydroxylation sites is 1. The van der Waals surface area contributed by atoms with E-state index in [1.54, 1.807) is 0 Å². The third-order valence-electron chi connectivity index (χ3n) is 1.80. The third kappa shape index (κ3) is 1.32. The van der Waals surface area contributed by atoms with Gasteiger partial charge < -0.3 is 5.32 Å². The maximum Gasteiger partial charge on any atom is 0.129 e. The molecule has 61 valence electrons. The smallest absolute Gasteiger partial charge is 0.129 e. The highest BCUT2D eigenvalue weighted by atomic mass is 35.5. The zero-order chi connectivity index (χ0) is 8.60. The molecule has 0 saturated carbocycles. The van der Waals surface area contributed by atoms with E-state index in [0.717, 1.165) is 11.3 Å². The first-order valence-corrected chi connectivity index (χ1v) is 4.22. The molecular formula is C10H9ClN. The van der Waals surface area contributed by atoms with E-state index in [1.807, 2.05) is 37.3 Å². The minimum atomic E-state index is -0.492. The van der Waals surface area contributed by atoms with Crippen molar-refractivity contribution in [3.05, 3.63) is 42.0 Å². The van der Waals surface area contributed by atoms with E-state index in [2.05, 4.69) is 11.4 Å². The van der Waals surface area contributed by atoms with Gasteiger partial charge in [0.15, 0.2) is 0 Å². The molecule has 1 unspecified atom stereocenters. The predicted molar refractivity (Wildman–Crippen MR) is 51.2 cm³/mol. The second-order valence-electron chi connectivity index (χ2n) is 3.03. The fraction of sp³-hybridized carbons (Fsp3) is 0.200. The summed E-state index contributed by atoms with van der Waals surface area (Å²) in [6.07, 6.45) is 4.96. The summed E-state index contributed by atoms with van der Waals surface area (Å²) in [7, 11) is 0. The molecule has 1 aromatic rings. The molecule has 1 aromatic carbocycles. The van der Waals surface area contributed by atoms with Crippen molar-refractivity contribution in [3.63, 3.8) is 0 Å². The van der Waals surface area contributed by atoms with Crippen molar-refractivity contribution in [2.75, 3.05) is 5.32 Å². The first-order chi connectivity index (χ1) is 5.67. The molecule has 1 atom stereocenters. The summed E-state index contributed by atoms with van der Waals surface area (Å²) >= 11 is 6.07. The zero-order valence-electron chi connectivity index (χ0n) is 6.76. The van der Waals surface area contributed by atoms with Gasteiger partial charge in [0.2, 0.25) is 0 Å². The number of anilines is 1. The van der Waals surface area contributed by atoms with Gasteiger partial charge >= 0.3 is 0 Å². The van der Waals surface area contributed by atoms with Crippen LogP contribution < -0.4 is 5.32 Å². The minimum Gasteiger partial charge on any atom is -0.363 e. The summed E-state index contributed by atoms with van der Waals surface area (Å²) in [6.45, 7) is 1.90. The second kappa shape index (κ2) is 2.53. The highest BCUT2D eigenvalue weighted by molar-refractivity contribution is 6.26. The topological polar surface area (TPSA) is 12.0 Å². The Balaban J connectivity index is 2.46. The highest BCUT2D eigenvalue weighted by Crippen LogP contribution is 2.28. The van der Waals surface area contributed by atoms with Crippen LogP contribution in [0.15, 0.2) is 30.3 Å². The normalized spacial score (nSPS) is 26.2. The van der Waals surface area contributed by atoms with Gasteiger partial charge in [-0.2, -0.15) is 0 Å². The summed E-state index contributed by atoms with van der Waals surface area (Å²) in [5, 5.41) is 3.18. The van der Waals surface area contributed by atoms with E-state index in [1.165, 1.54) is 0 Å². The SMILES string of the molecule is CC1(Cl)C=[C]c2ccccc2N1. The van der Waals surface area contributed by atoms with Crippen molar-refractivity contribution < 1.29 is 0 Å². The first kappa shape index (κ1) is 7.69. The average molecular weight is 179 g/mol. The van der Waals surface area contributed by atoms with Crippen LogP contribution in [0, 0.1) is 6.08 Å². The summed E-state index contributed by atoms with van der Waals surface area (Å²) in [5.74, 6) is 0. The van der Waals surface area contributed by atoms with E-state index in [4.69, 9.17) is 11.6 Å². The van der Waals surface area contributed by atoms with Crippen molar-refractivity contribution in [2.45, 2.75) is 11.9 Å².